The van der Waals surface area contributed by atoms with Gasteiger partial charge < -0.3 is 15.4 Å². The van der Waals surface area contributed by atoms with Gasteiger partial charge in [0.1, 0.15) is 11.4 Å². The van der Waals surface area contributed by atoms with Gasteiger partial charge in [0, 0.05) is 37.3 Å². The van der Waals surface area contributed by atoms with Gasteiger partial charge in [-0.3, -0.25) is 14.6 Å². The molecule has 0 radical (unpaired) electrons. The highest BCUT2D eigenvalue weighted by Gasteiger charge is 2.30. The number of carbonyl (C=O) groups is 2. The summed E-state index contributed by atoms with van der Waals surface area (Å²) in [6.07, 6.45) is -1.85. The maximum Gasteiger partial charge on any atom is 0.416 e. The zero-order chi connectivity index (χ0) is 25.9. The molecule has 4 aromatic rings. The fourth-order valence-electron chi connectivity index (χ4n) is 3.12. The van der Waals surface area contributed by atoms with Crippen LogP contribution in [0.4, 0.5) is 23.2 Å². The van der Waals surface area contributed by atoms with Gasteiger partial charge >= 0.3 is 6.18 Å². The Bertz CT molecular complexity index is 1440. The Morgan fingerprint density at radius 3 is 2.50 bits per heavy atom. The SMILES string of the molecule is CNC(=O)c1cc(Oc2ccc(NC(=O)c3ccn(-c4cccc(C(F)(F)F)c4)n3)cc2F)ccn1. The number of pyridine rings is 1. The van der Waals surface area contributed by atoms with Gasteiger partial charge in [0.05, 0.1) is 11.3 Å². The Hall–Kier alpha value is -4.74. The van der Waals surface area contributed by atoms with E-state index in [4.69, 9.17) is 4.74 Å². The van der Waals surface area contributed by atoms with Crippen LogP contribution in [0.25, 0.3) is 5.69 Å². The Balaban J connectivity index is 1.46. The number of nitrogens with zero attached hydrogens (tertiary/aromatic N) is 3. The number of nitrogens with one attached hydrogen (secondary N) is 2. The molecule has 0 atom stereocenters. The van der Waals surface area contributed by atoms with Crippen molar-refractivity contribution in [3.63, 3.8) is 0 Å². The molecule has 0 saturated heterocycles. The van der Waals surface area contributed by atoms with Crippen molar-refractivity contribution in [2.45, 2.75) is 6.18 Å². The van der Waals surface area contributed by atoms with E-state index in [1.54, 1.807) is 0 Å². The third-order valence-corrected chi connectivity index (χ3v) is 4.87. The van der Waals surface area contributed by atoms with Crippen molar-refractivity contribution in [1.82, 2.24) is 20.1 Å². The number of aromatic nitrogens is 3. The van der Waals surface area contributed by atoms with Gasteiger partial charge in [0.2, 0.25) is 0 Å². The summed E-state index contributed by atoms with van der Waals surface area (Å²) in [5.74, 6) is -1.90. The number of amides is 2. The van der Waals surface area contributed by atoms with Crippen LogP contribution in [0, 0.1) is 5.82 Å². The van der Waals surface area contributed by atoms with Crippen molar-refractivity contribution in [2.24, 2.45) is 0 Å². The zero-order valence-corrected chi connectivity index (χ0v) is 18.5. The third kappa shape index (κ3) is 5.49. The number of carbonyl (C=O) groups excluding carboxylic acids is 2. The lowest BCUT2D eigenvalue weighted by atomic mass is 10.2. The van der Waals surface area contributed by atoms with Crippen molar-refractivity contribution >= 4 is 17.5 Å². The molecule has 0 fully saturated rings. The number of halogens is 4. The molecular formula is C24H17F4N5O3. The van der Waals surface area contributed by atoms with Gasteiger partial charge in [0.15, 0.2) is 17.3 Å². The van der Waals surface area contributed by atoms with Crippen LogP contribution in [-0.4, -0.2) is 33.6 Å². The van der Waals surface area contributed by atoms with E-state index in [0.29, 0.717) is 0 Å². The molecule has 36 heavy (non-hydrogen) atoms. The van der Waals surface area contributed by atoms with Crippen molar-refractivity contribution in [3.05, 3.63) is 95.8 Å². The Kier molecular flexibility index (Phi) is 6.68. The van der Waals surface area contributed by atoms with Gasteiger partial charge in [0.25, 0.3) is 11.8 Å². The molecule has 2 aromatic heterocycles. The minimum atomic E-state index is -4.52. The van der Waals surface area contributed by atoms with Crippen LogP contribution < -0.4 is 15.4 Å². The standard InChI is InChI=1S/C24H17F4N5O3/c1-29-22(34)20-13-17(7-9-30-20)36-21-6-5-15(12-18(21)25)31-23(35)19-8-10-33(32-19)16-4-2-3-14(11-16)24(26,27)28/h2-13H,1H3,(H,29,34)(H,31,35). The quantitative estimate of drug-likeness (QED) is 0.371. The lowest BCUT2D eigenvalue weighted by Gasteiger charge is -2.10. The van der Waals surface area contributed by atoms with Crippen LogP contribution in [0.2, 0.25) is 0 Å². The minimum Gasteiger partial charge on any atom is -0.454 e. The predicted octanol–water partition coefficient (Wildman–Crippen LogP) is 4.83. The van der Waals surface area contributed by atoms with Gasteiger partial charge in [-0.05, 0) is 42.5 Å². The van der Waals surface area contributed by atoms with E-state index in [9.17, 15) is 27.2 Å². The first kappa shape index (κ1) is 24.4. The van der Waals surface area contributed by atoms with Crippen molar-refractivity contribution < 1.29 is 31.9 Å². The molecule has 0 unspecified atom stereocenters. The van der Waals surface area contributed by atoms with Gasteiger partial charge in [-0.25, -0.2) is 9.07 Å². The van der Waals surface area contributed by atoms with Crippen LogP contribution in [0.3, 0.4) is 0 Å². The van der Waals surface area contributed by atoms with Crippen LogP contribution in [-0.2, 0) is 6.18 Å². The summed E-state index contributed by atoms with van der Waals surface area (Å²) in [6.45, 7) is 0. The molecule has 2 aromatic carbocycles. The Morgan fingerprint density at radius 1 is 0.972 bits per heavy atom. The van der Waals surface area contributed by atoms with Gasteiger partial charge in [-0.15, -0.1) is 0 Å². The zero-order valence-electron chi connectivity index (χ0n) is 18.5. The lowest BCUT2D eigenvalue weighted by Crippen LogP contribution is -2.18. The maximum absolute atomic E-state index is 14.6. The van der Waals surface area contributed by atoms with E-state index in [0.717, 1.165) is 22.9 Å². The topological polar surface area (TPSA) is 98.1 Å². The third-order valence-electron chi connectivity index (χ3n) is 4.87. The summed E-state index contributed by atoms with van der Waals surface area (Å²) in [5, 5.41) is 8.89. The van der Waals surface area contributed by atoms with E-state index >= 15 is 0 Å². The van der Waals surface area contributed by atoms with Crippen molar-refractivity contribution in [1.29, 1.82) is 0 Å². The van der Waals surface area contributed by atoms with Crippen LogP contribution in [0.1, 0.15) is 26.5 Å². The second-order valence-electron chi connectivity index (χ2n) is 7.35. The van der Waals surface area contributed by atoms with Gasteiger partial charge in [-0.2, -0.15) is 18.3 Å². The first-order valence-corrected chi connectivity index (χ1v) is 10.3. The molecule has 2 heterocycles. The second-order valence-corrected chi connectivity index (χ2v) is 7.35. The Morgan fingerprint density at radius 2 is 1.78 bits per heavy atom. The molecule has 2 N–H and O–H groups in total. The first-order chi connectivity index (χ1) is 17.1. The van der Waals surface area contributed by atoms with Crippen molar-refractivity contribution in [3.8, 4) is 17.2 Å². The summed E-state index contributed by atoms with van der Waals surface area (Å²) >= 11 is 0. The van der Waals surface area contributed by atoms with E-state index in [1.165, 1.54) is 61.9 Å². The van der Waals surface area contributed by atoms with Gasteiger partial charge in [-0.1, -0.05) is 6.07 Å². The highest BCUT2D eigenvalue weighted by atomic mass is 19.4. The second kappa shape index (κ2) is 9.86. The van der Waals surface area contributed by atoms with Crippen LogP contribution >= 0.6 is 0 Å². The molecule has 0 aliphatic rings. The summed E-state index contributed by atoms with van der Waals surface area (Å²) in [5.41, 5.74) is -0.641. The smallest absolute Gasteiger partial charge is 0.416 e. The predicted molar refractivity (Wildman–Crippen MR) is 121 cm³/mol. The molecule has 0 saturated carbocycles. The molecule has 4 rings (SSSR count). The molecule has 0 aliphatic carbocycles. The van der Waals surface area contributed by atoms with Crippen LogP contribution in [0.5, 0.6) is 11.5 Å². The number of hydrogen-bond donors (Lipinski definition) is 2. The fraction of sp³-hybridized carbons (Fsp3) is 0.0833. The largest absolute Gasteiger partial charge is 0.454 e. The normalized spacial score (nSPS) is 11.1. The molecule has 12 heteroatoms. The Labute approximate surface area is 201 Å². The van der Waals surface area contributed by atoms with Crippen LogP contribution in [0.15, 0.2) is 73.1 Å². The molecule has 2 amide bonds. The van der Waals surface area contributed by atoms with E-state index in [2.05, 4.69) is 20.7 Å². The summed E-state index contributed by atoms with van der Waals surface area (Å²) in [6, 6.07) is 12.3. The number of rotatable bonds is 6. The minimum absolute atomic E-state index is 0.0869. The van der Waals surface area contributed by atoms with Crippen molar-refractivity contribution in [2.75, 3.05) is 12.4 Å². The number of benzene rings is 2. The average molecular weight is 499 g/mol. The number of ether oxygens (including phenoxy) is 1. The van der Waals surface area contributed by atoms with E-state index < -0.39 is 29.4 Å². The first-order valence-electron chi connectivity index (χ1n) is 10.3. The van der Waals surface area contributed by atoms with E-state index in [-0.39, 0.29) is 34.3 Å². The monoisotopic (exact) mass is 499 g/mol. The highest BCUT2D eigenvalue weighted by molar-refractivity contribution is 6.02. The highest BCUT2D eigenvalue weighted by Crippen LogP contribution is 2.30. The molecule has 0 aliphatic heterocycles. The molecule has 0 spiro atoms. The molecular weight excluding hydrogens is 482 g/mol. The summed E-state index contributed by atoms with van der Waals surface area (Å²) in [4.78, 5) is 28.1. The molecule has 184 valence electrons. The number of alkyl halides is 3. The maximum atomic E-state index is 14.6. The summed E-state index contributed by atoms with van der Waals surface area (Å²) < 4.78 is 60.1. The molecule has 8 nitrogen and oxygen atoms in total. The summed E-state index contributed by atoms with van der Waals surface area (Å²) in [7, 11) is 1.44. The van der Waals surface area contributed by atoms with E-state index in [1.807, 2.05) is 0 Å². The lowest BCUT2D eigenvalue weighted by molar-refractivity contribution is -0.137. The number of hydrogen-bond acceptors (Lipinski definition) is 5. The number of anilines is 1. The fourth-order valence-corrected chi connectivity index (χ4v) is 3.12. The molecule has 0 bridgehead atoms. The average Bonchev–Trinajstić information content (AvgIpc) is 3.36.